The molecule has 0 fully saturated rings. The van der Waals surface area contributed by atoms with Gasteiger partial charge >= 0.3 is 6.03 Å². The summed E-state index contributed by atoms with van der Waals surface area (Å²) in [5, 5.41) is 16.1. The molecule has 0 aliphatic heterocycles. The Labute approximate surface area is 137 Å². The first-order valence-electron chi connectivity index (χ1n) is 7.18. The summed E-state index contributed by atoms with van der Waals surface area (Å²) in [4.78, 5) is 11.8. The van der Waals surface area contributed by atoms with Crippen molar-refractivity contribution in [1.29, 1.82) is 0 Å². The predicted octanol–water partition coefficient (Wildman–Crippen LogP) is 4.00. The molecule has 0 unspecified atom stereocenters. The van der Waals surface area contributed by atoms with E-state index < -0.39 is 6.03 Å². The number of aromatic nitrogens is 2. The van der Waals surface area contributed by atoms with Crippen LogP contribution in [0.25, 0.3) is 0 Å². The number of hydrogen-bond donors (Lipinski definition) is 3. The second-order valence-corrected chi connectivity index (χ2v) is 4.88. The van der Waals surface area contributed by atoms with Crippen molar-refractivity contribution in [2.24, 2.45) is 0 Å². The molecular formula is C17H14FN5O. The van der Waals surface area contributed by atoms with Crippen molar-refractivity contribution in [1.82, 2.24) is 10.2 Å². The van der Waals surface area contributed by atoms with Gasteiger partial charge in [-0.1, -0.05) is 18.2 Å². The molecule has 7 heteroatoms. The van der Waals surface area contributed by atoms with Gasteiger partial charge in [0.15, 0.2) is 11.6 Å². The third-order valence-electron chi connectivity index (χ3n) is 3.05. The van der Waals surface area contributed by atoms with Gasteiger partial charge in [-0.3, -0.25) is 5.32 Å². The van der Waals surface area contributed by atoms with Gasteiger partial charge in [0.2, 0.25) is 0 Å². The Balaban J connectivity index is 1.58. The highest BCUT2D eigenvalue weighted by molar-refractivity contribution is 5.99. The Morgan fingerprint density at radius 2 is 1.42 bits per heavy atom. The number of hydrogen-bond acceptors (Lipinski definition) is 4. The number of urea groups is 1. The van der Waals surface area contributed by atoms with Gasteiger partial charge in [-0.15, -0.1) is 10.2 Å². The van der Waals surface area contributed by atoms with Gasteiger partial charge in [-0.25, -0.2) is 9.18 Å². The molecule has 1 aromatic heterocycles. The number of benzene rings is 2. The highest BCUT2D eigenvalue weighted by Crippen LogP contribution is 2.15. The number of anilines is 4. The highest BCUT2D eigenvalue weighted by atomic mass is 19.1. The average molecular weight is 323 g/mol. The van der Waals surface area contributed by atoms with Crippen LogP contribution in [0.4, 0.5) is 32.2 Å². The van der Waals surface area contributed by atoms with Crippen molar-refractivity contribution >= 4 is 29.0 Å². The number of nitrogens with one attached hydrogen (secondary N) is 3. The van der Waals surface area contributed by atoms with E-state index in [4.69, 9.17) is 0 Å². The van der Waals surface area contributed by atoms with Crippen molar-refractivity contribution in [3.63, 3.8) is 0 Å². The minimum Gasteiger partial charge on any atom is -0.339 e. The van der Waals surface area contributed by atoms with Crippen LogP contribution in [0.15, 0.2) is 66.7 Å². The quantitative estimate of drug-likeness (QED) is 0.678. The summed E-state index contributed by atoms with van der Waals surface area (Å²) in [5.74, 6) is 0.485. The van der Waals surface area contributed by atoms with Gasteiger partial charge < -0.3 is 10.6 Å². The molecule has 0 bridgehead atoms. The lowest BCUT2D eigenvalue weighted by atomic mass is 10.3. The van der Waals surface area contributed by atoms with E-state index in [0.29, 0.717) is 23.0 Å². The van der Waals surface area contributed by atoms with Crippen LogP contribution < -0.4 is 16.0 Å². The molecule has 0 saturated carbocycles. The van der Waals surface area contributed by atoms with E-state index in [9.17, 15) is 9.18 Å². The van der Waals surface area contributed by atoms with Crippen LogP contribution in [0, 0.1) is 5.82 Å². The van der Waals surface area contributed by atoms with Crippen LogP contribution in [0.1, 0.15) is 0 Å². The van der Waals surface area contributed by atoms with E-state index in [-0.39, 0.29) is 5.82 Å². The Morgan fingerprint density at radius 1 is 0.750 bits per heavy atom. The van der Waals surface area contributed by atoms with Gasteiger partial charge in [0.25, 0.3) is 0 Å². The fourth-order valence-electron chi connectivity index (χ4n) is 1.95. The zero-order chi connectivity index (χ0) is 16.8. The molecule has 0 spiro atoms. The Hall–Kier alpha value is -3.48. The van der Waals surface area contributed by atoms with Crippen molar-refractivity contribution in [2.45, 2.75) is 0 Å². The van der Waals surface area contributed by atoms with Gasteiger partial charge in [0.05, 0.1) is 0 Å². The number of rotatable bonds is 4. The molecule has 2 aromatic carbocycles. The molecule has 0 atom stereocenters. The number of para-hydroxylation sites is 1. The summed E-state index contributed by atoms with van der Waals surface area (Å²) in [6.45, 7) is 0. The molecule has 24 heavy (non-hydrogen) atoms. The molecule has 0 saturated heterocycles. The van der Waals surface area contributed by atoms with Gasteiger partial charge in [0, 0.05) is 11.4 Å². The molecule has 2 amide bonds. The SMILES string of the molecule is O=C(Nc1ccccc1)Nc1ccc(Nc2ccc(F)cc2)nn1. The molecule has 3 N–H and O–H groups in total. The van der Waals surface area contributed by atoms with Gasteiger partial charge in [-0.05, 0) is 48.5 Å². The van der Waals surface area contributed by atoms with Gasteiger partial charge in [-0.2, -0.15) is 0 Å². The summed E-state index contributed by atoms with van der Waals surface area (Å²) >= 11 is 0. The summed E-state index contributed by atoms with van der Waals surface area (Å²) in [6, 6.07) is 17.8. The third kappa shape index (κ3) is 4.26. The lowest BCUT2D eigenvalue weighted by Gasteiger charge is -2.08. The van der Waals surface area contributed by atoms with Crippen LogP contribution in [-0.2, 0) is 0 Å². The molecule has 6 nitrogen and oxygen atoms in total. The molecule has 1 heterocycles. The number of carbonyl (C=O) groups excluding carboxylic acids is 1. The maximum absolute atomic E-state index is 12.9. The molecule has 3 rings (SSSR count). The van der Waals surface area contributed by atoms with Crippen molar-refractivity contribution in [3.8, 4) is 0 Å². The summed E-state index contributed by atoms with van der Waals surface area (Å²) in [5.41, 5.74) is 1.37. The summed E-state index contributed by atoms with van der Waals surface area (Å²) in [6.07, 6.45) is 0. The topological polar surface area (TPSA) is 78.9 Å². The number of halogens is 1. The fraction of sp³-hybridized carbons (Fsp3) is 0. The van der Waals surface area contributed by atoms with Crippen molar-refractivity contribution in [3.05, 3.63) is 72.5 Å². The summed E-state index contributed by atoms with van der Waals surface area (Å²) < 4.78 is 12.9. The van der Waals surface area contributed by atoms with E-state index >= 15 is 0 Å². The number of nitrogens with zero attached hydrogens (tertiary/aromatic N) is 2. The summed E-state index contributed by atoms with van der Waals surface area (Å²) in [7, 11) is 0. The molecule has 0 aliphatic carbocycles. The maximum Gasteiger partial charge on any atom is 0.324 e. The van der Waals surface area contributed by atoms with Crippen LogP contribution in [0.2, 0.25) is 0 Å². The van der Waals surface area contributed by atoms with E-state index in [0.717, 1.165) is 0 Å². The fourth-order valence-corrected chi connectivity index (χ4v) is 1.95. The zero-order valence-corrected chi connectivity index (χ0v) is 12.5. The Morgan fingerprint density at radius 3 is 2.08 bits per heavy atom. The average Bonchev–Trinajstić information content (AvgIpc) is 2.59. The highest BCUT2D eigenvalue weighted by Gasteiger charge is 2.04. The van der Waals surface area contributed by atoms with Crippen LogP contribution in [0.3, 0.4) is 0 Å². The van der Waals surface area contributed by atoms with E-state index in [1.165, 1.54) is 12.1 Å². The van der Waals surface area contributed by atoms with Crippen LogP contribution >= 0.6 is 0 Å². The van der Waals surface area contributed by atoms with Crippen LogP contribution in [0.5, 0.6) is 0 Å². The standard InChI is InChI=1S/C17H14FN5O/c18-12-6-8-14(9-7-12)19-15-10-11-16(23-22-15)21-17(24)20-13-4-2-1-3-5-13/h1-11H,(H,19,22)(H2,20,21,23,24). The molecule has 0 aliphatic rings. The van der Waals surface area contributed by atoms with E-state index in [1.54, 1.807) is 36.4 Å². The zero-order valence-electron chi connectivity index (χ0n) is 12.5. The lowest BCUT2D eigenvalue weighted by Crippen LogP contribution is -2.20. The van der Waals surface area contributed by atoms with Crippen molar-refractivity contribution in [2.75, 3.05) is 16.0 Å². The second kappa shape index (κ2) is 7.19. The smallest absolute Gasteiger partial charge is 0.324 e. The van der Waals surface area contributed by atoms with E-state index in [2.05, 4.69) is 26.1 Å². The molecule has 0 radical (unpaired) electrons. The molecular weight excluding hydrogens is 309 g/mol. The number of amides is 2. The predicted molar refractivity (Wildman–Crippen MR) is 90.8 cm³/mol. The number of carbonyl (C=O) groups is 1. The van der Waals surface area contributed by atoms with E-state index in [1.807, 2.05) is 18.2 Å². The van der Waals surface area contributed by atoms with Crippen LogP contribution in [-0.4, -0.2) is 16.2 Å². The second-order valence-electron chi connectivity index (χ2n) is 4.88. The molecule has 3 aromatic rings. The third-order valence-corrected chi connectivity index (χ3v) is 3.05. The first-order valence-corrected chi connectivity index (χ1v) is 7.18. The maximum atomic E-state index is 12.9. The molecule has 120 valence electrons. The largest absolute Gasteiger partial charge is 0.339 e. The minimum absolute atomic E-state index is 0.310. The minimum atomic E-state index is -0.408. The Bertz CT molecular complexity index is 807. The normalized spacial score (nSPS) is 10.0. The van der Waals surface area contributed by atoms with Crippen molar-refractivity contribution < 1.29 is 9.18 Å². The monoisotopic (exact) mass is 323 g/mol. The first kappa shape index (κ1) is 15.4. The lowest BCUT2D eigenvalue weighted by molar-refractivity contribution is 0.262. The van der Waals surface area contributed by atoms with Gasteiger partial charge in [0.1, 0.15) is 5.82 Å². The Kier molecular flexibility index (Phi) is 4.62. The first-order chi connectivity index (χ1) is 11.7.